The third-order valence-corrected chi connectivity index (χ3v) is 6.99. The van der Waals surface area contributed by atoms with Crippen molar-refractivity contribution < 1.29 is 14.5 Å². The predicted molar refractivity (Wildman–Crippen MR) is 125 cm³/mol. The van der Waals surface area contributed by atoms with Crippen molar-refractivity contribution in [2.24, 2.45) is 0 Å². The molecule has 1 amide bonds. The number of hydrogen-bond donors (Lipinski definition) is 1. The highest BCUT2D eigenvalue weighted by atomic mass is 32.1. The van der Waals surface area contributed by atoms with Crippen molar-refractivity contribution in [2.75, 3.05) is 23.9 Å². The highest BCUT2D eigenvalue weighted by Gasteiger charge is 2.27. The lowest BCUT2D eigenvalue weighted by atomic mass is 10.0. The van der Waals surface area contributed by atoms with E-state index in [1.54, 1.807) is 0 Å². The first-order chi connectivity index (χ1) is 15.3. The first-order valence-electron chi connectivity index (χ1n) is 10.5. The summed E-state index contributed by atoms with van der Waals surface area (Å²) in [6.07, 6.45) is 3.41. The van der Waals surface area contributed by atoms with Gasteiger partial charge in [-0.05, 0) is 51.7 Å². The first-order valence-corrected chi connectivity index (χ1v) is 11.3. The number of carbonyl (C=O) groups is 1. The highest BCUT2D eigenvalue weighted by Crippen LogP contribution is 2.38. The van der Waals surface area contributed by atoms with Crippen molar-refractivity contribution in [3.05, 3.63) is 44.6 Å². The molecule has 1 aliphatic heterocycles. The number of rotatable bonds is 5. The molecule has 1 aromatic carbocycles. The van der Waals surface area contributed by atoms with E-state index in [9.17, 15) is 14.9 Å². The van der Waals surface area contributed by atoms with Crippen LogP contribution in [-0.4, -0.2) is 40.5 Å². The minimum Gasteiger partial charge on any atom is -0.495 e. The van der Waals surface area contributed by atoms with Gasteiger partial charge in [-0.3, -0.25) is 14.9 Å². The Hall–Kier alpha value is -3.27. The van der Waals surface area contributed by atoms with Crippen LogP contribution in [0.15, 0.2) is 18.2 Å². The fourth-order valence-corrected chi connectivity index (χ4v) is 5.26. The molecule has 3 aromatic rings. The Kier molecular flexibility index (Phi) is 5.96. The van der Waals surface area contributed by atoms with Crippen molar-refractivity contribution in [2.45, 2.75) is 46.1 Å². The summed E-state index contributed by atoms with van der Waals surface area (Å²) in [6, 6.07) is 4.47. The van der Waals surface area contributed by atoms with E-state index in [0.717, 1.165) is 41.0 Å². The number of benzene rings is 1. The molecule has 1 saturated heterocycles. The van der Waals surface area contributed by atoms with Gasteiger partial charge < -0.3 is 15.0 Å². The second kappa shape index (κ2) is 8.70. The molecule has 0 radical (unpaired) electrons. The SMILES string of the molecule is COc1ccc([N+](=O)[O-])cc1NC(=O)c1sc2nc(C)nc(N3CCCCC3C)c2c1C. The van der Waals surface area contributed by atoms with Gasteiger partial charge in [-0.1, -0.05) is 0 Å². The van der Waals surface area contributed by atoms with Crippen LogP contribution in [0.4, 0.5) is 17.2 Å². The Balaban J connectivity index is 1.75. The van der Waals surface area contributed by atoms with E-state index in [4.69, 9.17) is 9.72 Å². The maximum atomic E-state index is 13.2. The number of ether oxygens (including phenoxy) is 1. The van der Waals surface area contributed by atoms with Crippen molar-refractivity contribution in [1.29, 1.82) is 0 Å². The van der Waals surface area contributed by atoms with Crippen LogP contribution in [0.2, 0.25) is 0 Å². The Labute approximate surface area is 189 Å². The second-order valence-electron chi connectivity index (χ2n) is 7.96. The molecule has 1 N–H and O–H groups in total. The summed E-state index contributed by atoms with van der Waals surface area (Å²) < 4.78 is 5.27. The summed E-state index contributed by atoms with van der Waals surface area (Å²) in [5, 5.41) is 14.8. The number of carbonyl (C=O) groups excluding carboxylic acids is 1. The minimum atomic E-state index is -0.510. The van der Waals surface area contributed by atoms with E-state index in [1.165, 1.54) is 43.1 Å². The number of hydrogen-bond acceptors (Lipinski definition) is 8. The molecular weight excluding hydrogens is 430 g/mol. The van der Waals surface area contributed by atoms with Crippen LogP contribution in [-0.2, 0) is 0 Å². The van der Waals surface area contributed by atoms with Crippen molar-refractivity contribution in [3.63, 3.8) is 0 Å². The molecule has 1 fully saturated rings. The van der Waals surface area contributed by atoms with Crippen molar-refractivity contribution in [1.82, 2.24) is 9.97 Å². The molecule has 1 aliphatic rings. The fourth-order valence-electron chi connectivity index (χ4n) is 4.14. The number of piperidine rings is 1. The number of nitro groups is 1. The molecule has 4 rings (SSSR count). The number of nitrogens with one attached hydrogen (secondary N) is 1. The molecular formula is C22H25N5O4S. The number of methoxy groups -OCH3 is 1. The van der Waals surface area contributed by atoms with Gasteiger partial charge in [0.2, 0.25) is 0 Å². The number of aryl methyl sites for hydroxylation is 2. The lowest BCUT2D eigenvalue weighted by molar-refractivity contribution is -0.384. The molecule has 9 nitrogen and oxygen atoms in total. The van der Waals surface area contributed by atoms with Gasteiger partial charge in [0.05, 0.1) is 28.0 Å². The highest BCUT2D eigenvalue weighted by molar-refractivity contribution is 7.20. The predicted octanol–water partition coefficient (Wildman–Crippen LogP) is 4.86. The normalized spacial score (nSPS) is 16.2. The zero-order chi connectivity index (χ0) is 23.0. The number of nitrogens with zero attached hydrogens (tertiary/aromatic N) is 4. The van der Waals surface area contributed by atoms with E-state index in [1.807, 2.05) is 13.8 Å². The van der Waals surface area contributed by atoms with Crippen LogP contribution in [0.25, 0.3) is 10.2 Å². The number of thiophene rings is 1. The third kappa shape index (κ3) is 3.97. The molecule has 0 bridgehead atoms. The summed E-state index contributed by atoms with van der Waals surface area (Å²) in [5.41, 5.74) is 0.924. The van der Waals surface area contributed by atoms with Crippen LogP contribution in [0.1, 0.15) is 47.2 Å². The van der Waals surface area contributed by atoms with Gasteiger partial charge >= 0.3 is 0 Å². The van der Waals surface area contributed by atoms with Gasteiger partial charge in [0.25, 0.3) is 11.6 Å². The van der Waals surface area contributed by atoms with Crippen LogP contribution < -0.4 is 15.0 Å². The van der Waals surface area contributed by atoms with Crippen molar-refractivity contribution >= 4 is 44.7 Å². The van der Waals surface area contributed by atoms with Crippen LogP contribution in [0.3, 0.4) is 0 Å². The molecule has 10 heteroatoms. The Morgan fingerprint density at radius 2 is 2.09 bits per heavy atom. The van der Waals surface area contributed by atoms with Gasteiger partial charge in [-0.15, -0.1) is 11.3 Å². The summed E-state index contributed by atoms with van der Waals surface area (Å²) in [5.74, 6) is 1.53. The summed E-state index contributed by atoms with van der Waals surface area (Å²) in [4.78, 5) is 36.8. The molecule has 32 heavy (non-hydrogen) atoms. The largest absolute Gasteiger partial charge is 0.495 e. The molecule has 1 unspecified atom stereocenters. The number of nitro benzene ring substituents is 1. The Morgan fingerprint density at radius 3 is 2.78 bits per heavy atom. The van der Waals surface area contributed by atoms with Crippen LogP contribution in [0.5, 0.6) is 5.75 Å². The quantitative estimate of drug-likeness (QED) is 0.432. The maximum Gasteiger partial charge on any atom is 0.271 e. The number of aromatic nitrogens is 2. The fraction of sp³-hybridized carbons (Fsp3) is 0.409. The summed E-state index contributed by atoms with van der Waals surface area (Å²) >= 11 is 1.30. The zero-order valence-electron chi connectivity index (χ0n) is 18.5. The molecule has 0 saturated carbocycles. The maximum absolute atomic E-state index is 13.2. The number of non-ortho nitro benzene ring substituents is 1. The number of fused-ring (bicyclic) bond motifs is 1. The first kappa shape index (κ1) is 21.9. The molecule has 2 aromatic heterocycles. The Bertz CT molecular complexity index is 1210. The van der Waals surface area contributed by atoms with Gasteiger partial charge in [-0.25, -0.2) is 9.97 Å². The van der Waals surface area contributed by atoms with Crippen molar-refractivity contribution in [3.8, 4) is 5.75 Å². The minimum absolute atomic E-state index is 0.128. The number of anilines is 2. The topological polar surface area (TPSA) is 110 Å². The molecule has 3 heterocycles. The lowest BCUT2D eigenvalue weighted by Crippen LogP contribution is -2.38. The van der Waals surface area contributed by atoms with Gasteiger partial charge in [0.1, 0.15) is 22.2 Å². The van der Waals surface area contributed by atoms with E-state index in [0.29, 0.717) is 22.5 Å². The van der Waals surface area contributed by atoms with Gasteiger partial charge in [-0.2, -0.15) is 0 Å². The third-order valence-electron chi connectivity index (χ3n) is 5.81. The molecule has 0 spiro atoms. The zero-order valence-corrected chi connectivity index (χ0v) is 19.3. The van der Waals surface area contributed by atoms with E-state index in [-0.39, 0.29) is 17.3 Å². The molecule has 0 aliphatic carbocycles. The standard InChI is InChI=1S/C22H25N5O4S/c1-12-7-5-6-10-26(12)20-18-13(2)19(32-22(18)24-14(3)23-20)21(28)25-16-11-15(27(29)30)8-9-17(16)31-4/h8-9,11-12H,5-7,10H2,1-4H3,(H,25,28). The van der Waals surface area contributed by atoms with E-state index >= 15 is 0 Å². The monoisotopic (exact) mass is 455 g/mol. The number of amides is 1. The average Bonchev–Trinajstić information content (AvgIpc) is 3.09. The van der Waals surface area contributed by atoms with Crippen LogP contribution >= 0.6 is 11.3 Å². The van der Waals surface area contributed by atoms with Crippen LogP contribution in [0, 0.1) is 24.0 Å². The molecule has 168 valence electrons. The second-order valence-corrected chi connectivity index (χ2v) is 8.96. The van der Waals surface area contributed by atoms with E-state index in [2.05, 4.69) is 22.1 Å². The van der Waals surface area contributed by atoms with Gasteiger partial charge in [0.15, 0.2) is 0 Å². The lowest BCUT2D eigenvalue weighted by Gasteiger charge is -2.35. The van der Waals surface area contributed by atoms with Gasteiger partial charge in [0, 0.05) is 24.7 Å². The summed E-state index contributed by atoms with van der Waals surface area (Å²) in [7, 11) is 1.45. The molecule has 1 atom stereocenters. The smallest absolute Gasteiger partial charge is 0.271 e. The average molecular weight is 456 g/mol. The summed E-state index contributed by atoms with van der Waals surface area (Å²) in [6.45, 7) is 6.89. The van der Waals surface area contributed by atoms with E-state index < -0.39 is 4.92 Å². The Morgan fingerprint density at radius 1 is 1.31 bits per heavy atom.